The predicted octanol–water partition coefficient (Wildman–Crippen LogP) is 2.81. The highest BCUT2D eigenvalue weighted by Crippen LogP contribution is 2.21. The number of carbonyl (C=O) groups excluding carboxylic acids is 1. The highest BCUT2D eigenvalue weighted by molar-refractivity contribution is 6.16. The first-order valence-electron chi connectivity index (χ1n) is 7.33. The Bertz CT molecular complexity index is 484. The number of rotatable bonds is 3. The van der Waals surface area contributed by atoms with E-state index in [1.54, 1.807) is 4.68 Å². The molecule has 0 saturated carbocycles. The quantitative estimate of drug-likeness (QED) is 0.805. The lowest BCUT2D eigenvalue weighted by atomic mass is 10.0. The second-order valence-corrected chi connectivity index (χ2v) is 6.66. The molecule has 6 nitrogen and oxygen atoms in total. The normalized spacial score (nSPS) is 19.6. The minimum Gasteiger partial charge on any atom is -0.444 e. The zero-order valence-electron chi connectivity index (χ0n) is 12.9. The summed E-state index contributed by atoms with van der Waals surface area (Å²) in [5.41, 5.74) is 0.272. The number of hydrogen-bond donors (Lipinski definition) is 0. The van der Waals surface area contributed by atoms with Gasteiger partial charge in [0.1, 0.15) is 5.60 Å². The van der Waals surface area contributed by atoms with Crippen molar-refractivity contribution in [2.75, 3.05) is 6.54 Å². The van der Waals surface area contributed by atoms with Crippen LogP contribution in [0.2, 0.25) is 0 Å². The molecule has 1 amide bonds. The van der Waals surface area contributed by atoms with Crippen LogP contribution in [0.3, 0.4) is 0 Å². The van der Waals surface area contributed by atoms with Crippen LogP contribution in [0.25, 0.3) is 0 Å². The van der Waals surface area contributed by atoms with Crippen molar-refractivity contribution < 1.29 is 9.53 Å². The lowest BCUT2D eigenvalue weighted by Crippen LogP contribution is -2.47. The highest BCUT2D eigenvalue weighted by atomic mass is 35.5. The molecule has 0 unspecified atom stereocenters. The van der Waals surface area contributed by atoms with E-state index in [4.69, 9.17) is 16.3 Å². The van der Waals surface area contributed by atoms with Crippen LogP contribution in [-0.2, 0) is 17.2 Å². The topological polar surface area (TPSA) is 60.2 Å². The summed E-state index contributed by atoms with van der Waals surface area (Å²) >= 11 is 5.73. The maximum absolute atomic E-state index is 12.3. The Morgan fingerprint density at radius 3 is 2.86 bits per heavy atom. The van der Waals surface area contributed by atoms with Crippen LogP contribution in [0.1, 0.15) is 45.7 Å². The lowest BCUT2D eigenvalue weighted by Gasteiger charge is -2.36. The molecule has 2 heterocycles. The molecule has 0 bridgehead atoms. The SMILES string of the molecule is CC(C)(C)OC(=O)N1CCCC[C@@H]1Cn1cc(CCl)nn1. The number of piperidine rings is 1. The van der Waals surface area contributed by atoms with Gasteiger partial charge in [-0.15, -0.1) is 16.7 Å². The van der Waals surface area contributed by atoms with Crippen molar-refractivity contribution in [1.82, 2.24) is 19.9 Å². The molecular weight excluding hydrogens is 292 g/mol. The third kappa shape index (κ3) is 4.59. The van der Waals surface area contributed by atoms with E-state index >= 15 is 0 Å². The predicted molar refractivity (Wildman–Crippen MR) is 80.2 cm³/mol. The second kappa shape index (κ2) is 6.64. The molecule has 0 aliphatic carbocycles. The average molecular weight is 315 g/mol. The third-order valence-corrected chi connectivity index (χ3v) is 3.65. The maximum Gasteiger partial charge on any atom is 0.410 e. The van der Waals surface area contributed by atoms with Gasteiger partial charge in [0.15, 0.2) is 0 Å². The summed E-state index contributed by atoms with van der Waals surface area (Å²) in [7, 11) is 0. The van der Waals surface area contributed by atoms with Crippen LogP contribution in [0.5, 0.6) is 0 Å². The number of ether oxygens (including phenoxy) is 1. The number of halogens is 1. The summed E-state index contributed by atoms with van der Waals surface area (Å²) in [5, 5.41) is 8.03. The molecule has 2 rings (SSSR count). The summed E-state index contributed by atoms with van der Waals surface area (Å²) in [4.78, 5) is 14.1. The van der Waals surface area contributed by atoms with Gasteiger partial charge in [0.05, 0.1) is 24.2 Å². The Balaban J connectivity index is 2.02. The molecule has 1 aliphatic rings. The lowest BCUT2D eigenvalue weighted by molar-refractivity contribution is 0.00733. The number of aromatic nitrogens is 3. The van der Waals surface area contributed by atoms with E-state index in [0.29, 0.717) is 12.4 Å². The monoisotopic (exact) mass is 314 g/mol. The molecule has 0 N–H and O–H groups in total. The molecular formula is C14H23ClN4O2. The molecule has 1 fully saturated rings. The zero-order valence-corrected chi connectivity index (χ0v) is 13.6. The van der Waals surface area contributed by atoms with Crippen LogP contribution in [0.4, 0.5) is 4.79 Å². The van der Waals surface area contributed by atoms with E-state index in [1.165, 1.54) is 0 Å². The van der Waals surface area contributed by atoms with Gasteiger partial charge in [0, 0.05) is 12.7 Å². The fourth-order valence-electron chi connectivity index (χ4n) is 2.46. The van der Waals surface area contributed by atoms with Gasteiger partial charge in [-0.05, 0) is 40.0 Å². The van der Waals surface area contributed by atoms with Gasteiger partial charge in [-0.2, -0.15) is 0 Å². The molecule has 1 saturated heterocycles. The third-order valence-electron chi connectivity index (χ3n) is 3.38. The molecule has 0 aromatic carbocycles. The van der Waals surface area contributed by atoms with Crippen molar-refractivity contribution in [3.8, 4) is 0 Å². The van der Waals surface area contributed by atoms with Crippen LogP contribution in [0, 0.1) is 0 Å². The van der Waals surface area contributed by atoms with Gasteiger partial charge in [-0.1, -0.05) is 5.21 Å². The van der Waals surface area contributed by atoms with Crippen molar-refractivity contribution >= 4 is 17.7 Å². The van der Waals surface area contributed by atoms with Gasteiger partial charge in [-0.3, -0.25) is 4.68 Å². The maximum atomic E-state index is 12.3. The van der Waals surface area contributed by atoms with E-state index in [1.807, 2.05) is 31.9 Å². The zero-order chi connectivity index (χ0) is 15.5. The molecule has 1 aliphatic heterocycles. The molecule has 0 radical (unpaired) electrons. The molecule has 1 aromatic heterocycles. The number of nitrogens with zero attached hydrogens (tertiary/aromatic N) is 4. The van der Waals surface area contributed by atoms with Crippen LogP contribution < -0.4 is 0 Å². The fourth-order valence-corrected chi connectivity index (χ4v) is 2.58. The minimum absolute atomic E-state index is 0.0958. The first kappa shape index (κ1) is 16.1. The molecule has 118 valence electrons. The molecule has 21 heavy (non-hydrogen) atoms. The molecule has 1 aromatic rings. The molecule has 0 spiro atoms. The summed E-state index contributed by atoms with van der Waals surface area (Å²) in [5.74, 6) is 0.348. The molecule has 7 heteroatoms. The number of hydrogen-bond acceptors (Lipinski definition) is 4. The Hall–Kier alpha value is -1.30. The molecule has 1 atom stereocenters. The van der Waals surface area contributed by atoms with E-state index in [-0.39, 0.29) is 12.1 Å². The summed E-state index contributed by atoms with van der Waals surface area (Å²) in [6, 6.07) is 0.0958. The average Bonchev–Trinajstić information content (AvgIpc) is 2.85. The van der Waals surface area contributed by atoms with Crippen LogP contribution >= 0.6 is 11.6 Å². The van der Waals surface area contributed by atoms with Crippen molar-refractivity contribution in [1.29, 1.82) is 0 Å². The van der Waals surface area contributed by atoms with Gasteiger partial charge in [0.2, 0.25) is 0 Å². The van der Waals surface area contributed by atoms with E-state index in [9.17, 15) is 4.79 Å². The van der Waals surface area contributed by atoms with Crippen molar-refractivity contribution in [3.63, 3.8) is 0 Å². The van der Waals surface area contributed by atoms with Crippen LogP contribution in [-0.4, -0.2) is 44.2 Å². The van der Waals surface area contributed by atoms with Gasteiger partial charge in [-0.25, -0.2) is 4.79 Å². The highest BCUT2D eigenvalue weighted by Gasteiger charge is 2.30. The number of alkyl halides is 1. The van der Waals surface area contributed by atoms with Crippen LogP contribution in [0.15, 0.2) is 6.20 Å². The Kier molecular flexibility index (Phi) is 5.08. The minimum atomic E-state index is -0.474. The first-order valence-corrected chi connectivity index (χ1v) is 7.87. The van der Waals surface area contributed by atoms with E-state index < -0.39 is 5.60 Å². The summed E-state index contributed by atoms with van der Waals surface area (Å²) in [6.07, 6.45) is 4.66. The summed E-state index contributed by atoms with van der Waals surface area (Å²) in [6.45, 7) is 7.01. The summed E-state index contributed by atoms with van der Waals surface area (Å²) < 4.78 is 7.25. The second-order valence-electron chi connectivity index (χ2n) is 6.39. The first-order chi connectivity index (χ1) is 9.89. The van der Waals surface area contributed by atoms with Crippen molar-refractivity contribution in [2.24, 2.45) is 0 Å². The fraction of sp³-hybridized carbons (Fsp3) is 0.786. The standard InChI is InChI=1S/C14H23ClN4O2/c1-14(2,3)21-13(20)19-7-5-4-6-12(19)10-18-9-11(8-15)16-17-18/h9,12H,4-8,10H2,1-3H3/t12-/m1/s1. The number of likely N-dealkylation sites (tertiary alicyclic amines) is 1. The van der Waals surface area contributed by atoms with Crippen molar-refractivity contribution in [3.05, 3.63) is 11.9 Å². The van der Waals surface area contributed by atoms with Gasteiger partial charge in [0.25, 0.3) is 0 Å². The number of carbonyl (C=O) groups is 1. The van der Waals surface area contributed by atoms with Gasteiger partial charge < -0.3 is 9.64 Å². The Morgan fingerprint density at radius 1 is 1.48 bits per heavy atom. The smallest absolute Gasteiger partial charge is 0.410 e. The Morgan fingerprint density at radius 2 is 2.24 bits per heavy atom. The van der Waals surface area contributed by atoms with E-state index in [0.717, 1.165) is 31.5 Å². The van der Waals surface area contributed by atoms with Crippen molar-refractivity contribution in [2.45, 2.75) is 64.1 Å². The largest absolute Gasteiger partial charge is 0.444 e. The van der Waals surface area contributed by atoms with E-state index in [2.05, 4.69) is 10.3 Å². The Labute approximate surface area is 130 Å². The van der Waals surface area contributed by atoms with Gasteiger partial charge >= 0.3 is 6.09 Å². The number of amides is 1.